The van der Waals surface area contributed by atoms with Crippen LogP contribution in [0.15, 0.2) is 27.9 Å². The Bertz CT molecular complexity index is 1270. The van der Waals surface area contributed by atoms with Crippen LogP contribution in [0, 0.1) is 5.82 Å². The zero-order chi connectivity index (χ0) is 24.0. The van der Waals surface area contributed by atoms with Crippen molar-refractivity contribution in [2.75, 3.05) is 19.7 Å². The van der Waals surface area contributed by atoms with E-state index >= 15 is 0 Å². The predicted molar refractivity (Wildman–Crippen MR) is 115 cm³/mol. The van der Waals surface area contributed by atoms with Crippen molar-refractivity contribution in [3.8, 4) is 5.75 Å². The molecule has 0 spiro atoms. The van der Waals surface area contributed by atoms with Gasteiger partial charge in [0.2, 0.25) is 15.8 Å². The number of halogens is 1. The second-order valence-corrected chi connectivity index (χ2v) is 10.4. The second kappa shape index (κ2) is 8.50. The molecule has 2 aliphatic heterocycles. The number of nitrogens with zero attached hydrogens (tertiary/aromatic N) is 3. The number of carbonyl (C=O) groups is 1. The third-order valence-electron chi connectivity index (χ3n) is 5.83. The summed E-state index contributed by atoms with van der Waals surface area (Å²) in [6, 6.07) is 3.31. The van der Waals surface area contributed by atoms with E-state index in [0.29, 0.717) is 13.1 Å². The van der Waals surface area contributed by atoms with E-state index in [1.807, 2.05) is 0 Å². The van der Waals surface area contributed by atoms with Gasteiger partial charge in [0, 0.05) is 19.6 Å². The number of carbonyl (C=O) groups excluding carboxylic acids is 1. The number of rotatable bonds is 5. The molecule has 1 saturated heterocycles. The molecule has 0 atom stereocenters. The van der Waals surface area contributed by atoms with Crippen LogP contribution < -0.4 is 10.9 Å². The second-order valence-electron chi connectivity index (χ2n) is 8.49. The van der Waals surface area contributed by atoms with Gasteiger partial charge in [-0.15, -0.1) is 0 Å². The van der Waals surface area contributed by atoms with E-state index < -0.39 is 44.4 Å². The molecule has 178 valence electrons. The summed E-state index contributed by atoms with van der Waals surface area (Å²) in [6.45, 7) is 4.24. The van der Waals surface area contributed by atoms with Gasteiger partial charge < -0.3 is 15.2 Å². The lowest BCUT2D eigenvalue weighted by atomic mass is 10.1. The normalized spacial score (nSPS) is 18.2. The summed E-state index contributed by atoms with van der Waals surface area (Å²) < 4.78 is 48.0. The minimum atomic E-state index is -3.94. The Morgan fingerprint density at radius 3 is 2.67 bits per heavy atom. The number of amides is 1. The molecule has 0 unspecified atom stereocenters. The average Bonchev–Trinajstić information content (AvgIpc) is 3.31. The van der Waals surface area contributed by atoms with Crippen molar-refractivity contribution in [2.24, 2.45) is 0 Å². The molecule has 0 radical (unpaired) electrons. The van der Waals surface area contributed by atoms with Gasteiger partial charge >= 0.3 is 0 Å². The van der Waals surface area contributed by atoms with Crippen LogP contribution in [-0.4, -0.2) is 53.0 Å². The van der Waals surface area contributed by atoms with Crippen molar-refractivity contribution in [3.63, 3.8) is 0 Å². The van der Waals surface area contributed by atoms with E-state index in [9.17, 15) is 27.5 Å². The SMILES string of the molecule is CC1(C)OCCn2c1nc(C(=O)NCc1ccc(F)cc1S(=O)(=O)N1CCCC1)c(O)c2=O. The van der Waals surface area contributed by atoms with Crippen molar-refractivity contribution < 1.29 is 27.4 Å². The van der Waals surface area contributed by atoms with Crippen LogP contribution in [0.2, 0.25) is 0 Å². The molecule has 2 aromatic rings. The van der Waals surface area contributed by atoms with Gasteiger partial charge in [0.1, 0.15) is 17.2 Å². The fourth-order valence-electron chi connectivity index (χ4n) is 4.07. The number of aromatic hydroxyl groups is 1. The van der Waals surface area contributed by atoms with Crippen molar-refractivity contribution >= 4 is 15.9 Å². The quantitative estimate of drug-likeness (QED) is 0.654. The topological polar surface area (TPSA) is 131 Å². The minimum Gasteiger partial charge on any atom is -0.501 e. The summed E-state index contributed by atoms with van der Waals surface area (Å²) >= 11 is 0. The van der Waals surface area contributed by atoms with Crippen LogP contribution >= 0.6 is 0 Å². The Morgan fingerprint density at radius 2 is 1.97 bits per heavy atom. The number of hydrogen-bond donors (Lipinski definition) is 2. The first kappa shape index (κ1) is 23.3. The van der Waals surface area contributed by atoms with Crippen LogP contribution in [-0.2, 0) is 33.5 Å². The number of benzene rings is 1. The summed E-state index contributed by atoms with van der Waals surface area (Å²) in [5, 5.41) is 12.8. The van der Waals surface area contributed by atoms with Crippen molar-refractivity contribution in [2.45, 2.75) is 50.3 Å². The third kappa shape index (κ3) is 4.25. The Kier molecular flexibility index (Phi) is 6.01. The predicted octanol–water partition coefficient (Wildman–Crippen LogP) is 1.07. The fraction of sp³-hybridized carbons (Fsp3) is 0.476. The highest BCUT2D eigenvalue weighted by Crippen LogP contribution is 2.28. The average molecular weight is 481 g/mol. The molecule has 1 fully saturated rings. The maximum Gasteiger partial charge on any atom is 0.296 e. The van der Waals surface area contributed by atoms with Gasteiger partial charge in [-0.3, -0.25) is 14.2 Å². The molecular formula is C21H25FN4O6S. The highest BCUT2D eigenvalue weighted by molar-refractivity contribution is 7.89. The maximum absolute atomic E-state index is 13.9. The Labute approximate surface area is 190 Å². The number of nitrogens with one attached hydrogen (secondary N) is 1. The van der Waals surface area contributed by atoms with Gasteiger partial charge in [-0.2, -0.15) is 4.31 Å². The van der Waals surface area contributed by atoms with Crippen LogP contribution in [0.4, 0.5) is 4.39 Å². The Morgan fingerprint density at radius 1 is 1.27 bits per heavy atom. The lowest BCUT2D eigenvalue weighted by Gasteiger charge is -2.32. The summed E-state index contributed by atoms with van der Waals surface area (Å²) in [5.74, 6) is -2.20. The molecule has 10 nitrogen and oxygen atoms in total. The van der Waals surface area contributed by atoms with E-state index in [-0.39, 0.29) is 36.0 Å². The minimum absolute atomic E-state index is 0.175. The Balaban J connectivity index is 1.63. The smallest absolute Gasteiger partial charge is 0.296 e. The van der Waals surface area contributed by atoms with E-state index in [1.54, 1.807) is 13.8 Å². The molecule has 4 rings (SSSR count). The molecule has 2 N–H and O–H groups in total. The van der Waals surface area contributed by atoms with Crippen molar-refractivity contribution in [1.29, 1.82) is 0 Å². The molecule has 1 amide bonds. The molecule has 3 heterocycles. The number of aromatic nitrogens is 2. The summed E-state index contributed by atoms with van der Waals surface area (Å²) in [4.78, 5) is 29.3. The highest BCUT2D eigenvalue weighted by atomic mass is 32.2. The van der Waals surface area contributed by atoms with Crippen molar-refractivity contribution in [3.05, 3.63) is 51.5 Å². The molecule has 0 bridgehead atoms. The van der Waals surface area contributed by atoms with Crippen LogP contribution in [0.5, 0.6) is 5.75 Å². The van der Waals surface area contributed by atoms with Gasteiger partial charge in [0.25, 0.3) is 11.5 Å². The monoisotopic (exact) mass is 480 g/mol. The first-order valence-corrected chi connectivity index (χ1v) is 12.0. The highest BCUT2D eigenvalue weighted by Gasteiger charge is 2.34. The molecule has 33 heavy (non-hydrogen) atoms. The lowest BCUT2D eigenvalue weighted by Crippen LogP contribution is -2.42. The van der Waals surface area contributed by atoms with Gasteiger partial charge in [-0.25, -0.2) is 17.8 Å². The third-order valence-corrected chi connectivity index (χ3v) is 7.81. The van der Waals surface area contributed by atoms with Gasteiger partial charge in [-0.1, -0.05) is 6.07 Å². The van der Waals surface area contributed by atoms with Crippen molar-refractivity contribution in [1.82, 2.24) is 19.2 Å². The van der Waals surface area contributed by atoms with Gasteiger partial charge in [0.05, 0.1) is 18.0 Å². The standard InChI is InChI=1S/C21H25FN4O6S/c1-21(2)20-24-16(17(27)19(29)26(20)9-10-32-21)18(28)23-12-13-5-6-14(22)11-15(13)33(30,31)25-7-3-4-8-25/h5-6,11,27H,3-4,7-10,12H2,1-2H3,(H,23,28). The summed E-state index contributed by atoms with van der Waals surface area (Å²) in [7, 11) is -3.94. The first-order valence-electron chi connectivity index (χ1n) is 10.6. The summed E-state index contributed by atoms with van der Waals surface area (Å²) in [5.41, 5.74) is -2.03. The molecule has 0 aliphatic carbocycles. The lowest BCUT2D eigenvalue weighted by molar-refractivity contribution is -0.0566. The number of hydrogen-bond acceptors (Lipinski definition) is 7. The fourth-order valence-corrected chi connectivity index (χ4v) is 5.82. The molecule has 12 heteroatoms. The summed E-state index contributed by atoms with van der Waals surface area (Å²) in [6.07, 6.45) is 1.44. The number of sulfonamides is 1. The van der Waals surface area contributed by atoms with E-state index in [1.165, 1.54) is 14.9 Å². The largest absolute Gasteiger partial charge is 0.501 e. The van der Waals surface area contributed by atoms with Crippen LogP contribution in [0.1, 0.15) is 48.6 Å². The molecule has 2 aliphatic rings. The maximum atomic E-state index is 13.9. The Hall–Kier alpha value is -2.83. The van der Waals surface area contributed by atoms with E-state index in [0.717, 1.165) is 25.0 Å². The molecule has 1 aromatic heterocycles. The van der Waals surface area contributed by atoms with E-state index in [2.05, 4.69) is 10.3 Å². The zero-order valence-electron chi connectivity index (χ0n) is 18.3. The van der Waals surface area contributed by atoms with Gasteiger partial charge in [-0.05, 0) is 44.4 Å². The first-order chi connectivity index (χ1) is 15.5. The van der Waals surface area contributed by atoms with Crippen LogP contribution in [0.25, 0.3) is 0 Å². The number of fused-ring (bicyclic) bond motifs is 1. The zero-order valence-corrected chi connectivity index (χ0v) is 19.1. The molecular weight excluding hydrogens is 455 g/mol. The number of ether oxygens (including phenoxy) is 1. The van der Waals surface area contributed by atoms with Crippen LogP contribution in [0.3, 0.4) is 0 Å². The molecule has 0 saturated carbocycles. The van der Waals surface area contributed by atoms with Gasteiger partial charge in [0.15, 0.2) is 5.69 Å². The van der Waals surface area contributed by atoms with E-state index in [4.69, 9.17) is 4.74 Å². The molecule has 1 aromatic carbocycles.